The van der Waals surface area contributed by atoms with Crippen LogP contribution in [-0.2, 0) is 6.61 Å². The summed E-state index contributed by atoms with van der Waals surface area (Å²) < 4.78 is 5.33. The van der Waals surface area contributed by atoms with Crippen molar-refractivity contribution in [2.24, 2.45) is 5.92 Å². The smallest absolute Gasteiger partial charge is 0.294 e. The highest BCUT2D eigenvalue weighted by atomic mass is 32.1. The molecule has 0 aliphatic carbocycles. The van der Waals surface area contributed by atoms with Crippen molar-refractivity contribution in [1.29, 1.82) is 0 Å². The molecule has 0 aromatic carbocycles. The Morgan fingerprint density at radius 3 is 2.77 bits per heavy atom. The van der Waals surface area contributed by atoms with Gasteiger partial charge in [-0.2, -0.15) is 0 Å². The van der Waals surface area contributed by atoms with Crippen molar-refractivity contribution >= 4 is 11.3 Å². The second-order valence-electron chi connectivity index (χ2n) is 3.15. The number of aromatic nitrogens is 2. The molecule has 13 heavy (non-hydrogen) atoms. The molecule has 4 nitrogen and oxygen atoms in total. The zero-order valence-corrected chi connectivity index (χ0v) is 8.67. The van der Waals surface area contributed by atoms with Gasteiger partial charge >= 0.3 is 0 Å². The van der Waals surface area contributed by atoms with Crippen LogP contribution in [0.1, 0.15) is 25.3 Å². The minimum Gasteiger partial charge on any atom is -0.469 e. The third kappa shape index (κ3) is 3.69. The standard InChI is InChI=1S/C8H14N2O2S/c1-6(2)3-4-12-8-10-9-7(5-11)13-8/h6,11H,3-5H2,1-2H3. The van der Waals surface area contributed by atoms with Crippen LogP contribution in [0.25, 0.3) is 0 Å². The first kappa shape index (κ1) is 10.4. The molecule has 1 aromatic rings. The van der Waals surface area contributed by atoms with Crippen molar-refractivity contribution in [2.45, 2.75) is 26.9 Å². The zero-order chi connectivity index (χ0) is 9.68. The van der Waals surface area contributed by atoms with Crippen molar-refractivity contribution in [1.82, 2.24) is 10.2 Å². The molecule has 0 fully saturated rings. The van der Waals surface area contributed by atoms with Crippen molar-refractivity contribution < 1.29 is 9.84 Å². The lowest BCUT2D eigenvalue weighted by Crippen LogP contribution is -2.00. The van der Waals surface area contributed by atoms with E-state index in [-0.39, 0.29) is 6.61 Å². The molecule has 0 aliphatic rings. The van der Waals surface area contributed by atoms with Gasteiger partial charge in [-0.25, -0.2) is 0 Å². The topological polar surface area (TPSA) is 55.2 Å². The lowest BCUT2D eigenvalue weighted by atomic mass is 10.1. The molecule has 0 unspecified atom stereocenters. The van der Waals surface area contributed by atoms with E-state index in [0.717, 1.165) is 6.42 Å². The fourth-order valence-electron chi connectivity index (χ4n) is 0.742. The van der Waals surface area contributed by atoms with Crippen LogP contribution in [0.5, 0.6) is 5.19 Å². The van der Waals surface area contributed by atoms with E-state index in [2.05, 4.69) is 24.0 Å². The molecule has 0 saturated heterocycles. The minimum absolute atomic E-state index is 0.0643. The Hall–Kier alpha value is -0.680. The summed E-state index contributed by atoms with van der Waals surface area (Å²) in [5.41, 5.74) is 0. The first-order valence-corrected chi connectivity index (χ1v) is 5.10. The summed E-state index contributed by atoms with van der Waals surface area (Å²) in [6, 6.07) is 0. The van der Waals surface area contributed by atoms with Gasteiger partial charge in [0, 0.05) is 0 Å². The van der Waals surface area contributed by atoms with E-state index in [0.29, 0.717) is 22.7 Å². The van der Waals surface area contributed by atoms with E-state index in [1.165, 1.54) is 11.3 Å². The van der Waals surface area contributed by atoms with Gasteiger partial charge in [-0.3, -0.25) is 0 Å². The Balaban J connectivity index is 2.28. The molecular formula is C8H14N2O2S. The molecule has 5 heteroatoms. The molecule has 1 aromatic heterocycles. The van der Waals surface area contributed by atoms with E-state index in [1.54, 1.807) is 0 Å². The van der Waals surface area contributed by atoms with Crippen molar-refractivity contribution in [3.8, 4) is 5.19 Å². The van der Waals surface area contributed by atoms with Crippen LogP contribution in [-0.4, -0.2) is 21.9 Å². The van der Waals surface area contributed by atoms with Crippen LogP contribution >= 0.6 is 11.3 Å². The van der Waals surface area contributed by atoms with Crippen LogP contribution in [0, 0.1) is 5.92 Å². The van der Waals surface area contributed by atoms with Crippen LogP contribution in [0.15, 0.2) is 0 Å². The summed E-state index contributed by atoms with van der Waals surface area (Å²) >= 11 is 1.29. The van der Waals surface area contributed by atoms with Gasteiger partial charge in [-0.05, 0) is 12.3 Å². The average molecular weight is 202 g/mol. The summed E-state index contributed by atoms with van der Waals surface area (Å²) in [6.07, 6.45) is 1.01. The van der Waals surface area contributed by atoms with Gasteiger partial charge in [0.05, 0.1) is 13.2 Å². The average Bonchev–Trinajstić information content (AvgIpc) is 2.52. The van der Waals surface area contributed by atoms with Gasteiger partial charge < -0.3 is 9.84 Å². The highest BCUT2D eigenvalue weighted by molar-refractivity contribution is 7.13. The summed E-state index contributed by atoms with van der Waals surface area (Å²) in [6.45, 7) is 4.88. The van der Waals surface area contributed by atoms with Crippen LogP contribution in [0.3, 0.4) is 0 Å². The van der Waals surface area contributed by atoms with Gasteiger partial charge in [0.15, 0.2) is 0 Å². The first-order valence-electron chi connectivity index (χ1n) is 4.28. The quantitative estimate of drug-likeness (QED) is 0.785. The Labute approximate surface area is 81.6 Å². The Bertz CT molecular complexity index is 250. The number of hydrogen-bond donors (Lipinski definition) is 1. The van der Waals surface area contributed by atoms with E-state index in [1.807, 2.05) is 0 Å². The number of nitrogens with zero attached hydrogens (tertiary/aromatic N) is 2. The Morgan fingerprint density at radius 1 is 1.46 bits per heavy atom. The highest BCUT2D eigenvalue weighted by Gasteiger charge is 2.03. The monoisotopic (exact) mass is 202 g/mol. The van der Waals surface area contributed by atoms with Gasteiger partial charge in [-0.1, -0.05) is 30.3 Å². The molecule has 0 atom stereocenters. The fraction of sp³-hybridized carbons (Fsp3) is 0.750. The van der Waals surface area contributed by atoms with Gasteiger partial charge in [0.1, 0.15) is 5.01 Å². The summed E-state index contributed by atoms with van der Waals surface area (Å²) in [5, 5.41) is 17.4. The first-order chi connectivity index (χ1) is 6.22. The second-order valence-corrected chi connectivity index (χ2v) is 4.18. The zero-order valence-electron chi connectivity index (χ0n) is 7.86. The van der Waals surface area contributed by atoms with Crippen LogP contribution < -0.4 is 4.74 Å². The van der Waals surface area contributed by atoms with Crippen molar-refractivity contribution in [3.63, 3.8) is 0 Å². The summed E-state index contributed by atoms with van der Waals surface area (Å²) in [7, 11) is 0. The summed E-state index contributed by atoms with van der Waals surface area (Å²) in [4.78, 5) is 0. The predicted octanol–water partition coefficient (Wildman–Crippen LogP) is 1.46. The number of aliphatic hydroxyl groups is 1. The molecular weight excluding hydrogens is 188 g/mol. The Morgan fingerprint density at radius 2 is 2.23 bits per heavy atom. The van der Waals surface area contributed by atoms with Crippen molar-refractivity contribution in [3.05, 3.63) is 5.01 Å². The maximum atomic E-state index is 8.72. The van der Waals surface area contributed by atoms with Gasteiger partial charge in [0.2, 0.25) is 0 Å². The lowest BCUT2D eigenvalue weighted by molar-refractivity contribution is 0.279. The molecule has 1 N–H and O–H groups in total. The molecule has 0 spiro atoms. The largest absolute Gasteiger partial charge is 0.469 e. The fourth-order valence-corrected chi connectivity index (χ4v) is 1.31. The molecule has 74 valence electrons. The van der Waals surface area contributed by atoms with Gasteiger partial charge in [0.25, 0.3) is 5.19 Å². The van der Waals surface area contributed by atoms with Gasteiger partial charge in [-0.15, -0.1) is 5.10 Å². The van der Waals surface area contributed by atoms with E-state index in [9.17, 15) is 0 Å². The number of hydrogen-bond acceptors (Lipinski definition) is 5. The maximum absolute atomic E-state index is 8.72. The van der Waals surface area contributed by atoms with Crippen LogP contribution in [0.2, 0.25) is 0 Å². The molecule has 0 radical (unpaired) electrons. The SMILES string of the molecule is CC(C)CCOc1nnc(CO)s1. The Kier molecular flexibility index (Phi) is 4.11. The van der Waals surface area contributed by atoms with E-state index >= 15 is 0 Å². The normalized spacial score (nSPS) is 10.8. The highest BCUT2D eigenvalue weighted by Crippen LogP contribution is 2.17. The third-order valence-corrected chi connectivity index (χ3v) is 2.32. The molecule has 0 aliphatic heterocycles. The lowest BCUT2D eigenvalue weighted by Gasteiger charge is -2.03. The maximum Gasteiger partial charge on any atom is 0.294 e. The molecule has 0 bridgehead atoms. The molecule has 1 rings (SSSR count). The van der Waals surface area contributed by atoms with Crippen molar-refractivity contribution in [2.75, 3.05) is 6.61 Å². The molecule has 1 heterocycles. The number of rotatable bonds is 5. The minimum atomic E-state index is -0.0643. The van der Waals surface area contributed by atoms with E-state index in [4.69, 9.17) is 9.84 Å². The number of ether oxygens (including phenoxy) is 1. The number of aliphatic hydroxyl groups excluding tert-OH is 1. The third-order valence-electron chi connectivity index (χ3n) is 1.50. The van der Waals surface area contributed by atoms with Crippen LogP contribution in [0.4, 0.5) is 0 Å². The second kappa shape index (κ2) is 5.14. The predicted molar refractivity (Wildman–Crippen MR) is 50.8 cm³/mol. The summed E-state index contributed by atoms with van der Waals surface area (Å²) in [5.74, 6) is 0.630. The molecule has 0 amide bonds. The molecule has 0 saturated carbocycles. The van der Waals surface area contributed by atoms with E-state index < -0.39 is 0 Å².